The highest BCUT2D eigenvalue weighted by Crippen LogP contribution is 2.36. The van der Waals surface area contributed by atoms with Crippen LogP contribution >= 0.6 is 27.7 Å². The lowest BCUT2D eigenvalue weighted by Crippen LogP contribution is -2.18. The van der Waals surface area contributed by atoms with Crippen molar-refractivity contribution in [2.75, 3.05) is 12.9 Å². The molecule has 0 amide bonds. The van der Waals surface area contributed by atoms with Gasteiger partial charge in [-0.25, -0.2) is 4.68 Å². The maximum absolute atomic E-state index is 11.2. The summed E-state index contributed by atoms with van der Waals surface area (Å²) in [6.45, 7) is 0. The van der Waals surface area contributed by atoms with Crippen LogP contribution in [0.1, 0.15) is 18.9 Å². The summed E-state index contributed by atoms with van der Waals surface area (Å²) < 4.78 is 6.44. The molecule has 0 radical (unpaired) electrons. The Hall–Kier alpha value is -0.630. The second kappa shape index (κ2) is 5.13. The number of alkyl halides is 1. The van der Waals surface area contributed by atoms with E-state index >= 15 is 0 Å². The third kappa shape index (κ3) is 2.73. The standard InChI is InChI=1S/C8H11BrN4O2S/c1-15-7(14)6(9)4-16-8-10-11-12-13(8)5-2-3-5/h5-6H,2-4H2,1H3. The number of hydrogen-bond donors (Lipinski definition) is 0. The second-order valence-electron chi connectivity index (χ2n) is 3.44. The number of nitrogens with zero attached hydrogens (tertiary/aromatic N) is 4. The number of halogens is 1. The summed E-state index contributed by atoms with van der Waals surface area (Å²) in [5.74, 6) is 0.276. The first-order valence-corrected chi connectivity index (χ1v) is 6.75. The van der Waals surface area contributed by atoms with Crippen LogP contribution in [0.4, 0.5) is 0 Å². The van der Waals surface area contributed by atoms with Crippen LogP contribution in [0.25, 0.3) is 0 Å². The van der Waals surface area contributed by atoms with Crippen LogP contribution in [-0.4, -0.2) is 43.9 Å². The molecule has 1 aliphatic carbocycles. The first-order valence-electron chi connectivity index (χ1n) is 4.85. The number of esters is 1. The Balaban J connectivity index is 1.89. The lowest BCUT2D eigenvalue weighted by molar-refractivity contribution is -0.139. The molecule has 0 bridgehead atoms. The van der Waals surface area contributed by atoms with Crippen molar-refractivity contribution in [2.24, 2.45) is 0 Å². The van der Waals surface area contributed by atoms with Gasteiger partial charge in [-0.3, -0.25) is 4.79 Å². The van der Waals surface area contributed by atoms with Gasteiger partial charge in [0.05, 0.1) is 13.2 Å². The largest absolute Gasteiger partial charge is 0.468 e. The van der Waals surface area contributed by atoms with E-state index in [4.69, 9.17) is 0 Å². The Morgan fingerprint density at radius 2 is 2.50 bits per heavy atom. The van der Waals surface area contributed by atoms with E-state index in [-0.39, 0.29) is 10.8 Å². The minimum absolute atomic E-state index is 0.280. The highest BCUT2D eigenvalue weighted by molar-refractivity contribution is 9.10. The zero-order valence-electron chi connectivity index (χ0n) is 8.67. The van der Waals surface area contributed by atoms with Gasteiger partial charge in [-0.1, -0.05) is 27.7 Å². The lowest BCUT2D eigenvalue weighted by atomic mass is 10.5. The number of tetrazole rings is 1. The zero-order chi connectivity index (χ0) is 11.5. The molecule has 0 aromatic carbocycles. The highest BCUT2D eigenvalue weighted by atomic mass is 79.9. The second-order valence-corrected chi connectivity index (χ2v) is 5.53. The maximum Gasteiger partial charge on any atom is 0.320 e. The molecule has 1 saturated carbocycles. The summed E-state index contributed by atoms with van der Waals surface area (Å²) in [5.41, 5.74) is 0. The lowest BCUT2D eigenvalue weighted by Gasteiger charge is -2.06. The number of thioether (sulfide) groups is 1. The molecule has 1 fully saturated rings. The zero-order valence-corrected chi connectivity index (χ0v) is 11.1. The van der Waals surface area contributed by atoms with Crippen molar-refractivity contribution in [1.82, 2.24) is 20.2 Å². The fraction of sp³-hybridized carbons (Fsp3) is 0.750. The van der Waals surface area contributed by atoms with Crippen molar-refractivity contribution >= 4 is 33.7 Å². The van der Waals surface area contributed by atoms with Crippen molar-refractivity contribution in [3.05, 3.63) is 0 Å². The number of hydrogen-bond acceptors (Lipinski definition) is 6. The molecule has 88 valence electrons. The van der Waals surface area contributed by atoms with Crippen LogP contribution in [0.15, 0.2) is 5.16 Å². The number of methoxy groups -OCH3 is 1. The molecular weight excluding hydrogens is 296 g/mol. The van der Waals surface area contributed by atoms with Gasteiger partial charge in [0.15, 0.2) is 0 Å². The van der Waals surface area contributed by atoms with E-state index in [1.807, 2.05) is 4.68 Å². The van der Waals surface area contributed by atoms with Crippen molar-refractivity contribution in [2.45, 2.75) is 28.9 Å². The Morgan fingerprint density at radius 3 is 3.12 bits per heavy atom. The van der Waals surface area contributed by atoms with E-state index in [9.17, 15) is 4.79 Å². The summed E-state index contributed by atoms with van der Waals surface area (Å²) in [7, 11) is 1.37. The molecular formula is C8H11BrN4O2S. The highest BCUT2D eigenvalue weighted by Gasteiger charge is 2.28. The molecule has 0 saturated heterocycles. The van der Waals surface area contributed by atoms with Gasteiger partial charge in [-0.2, -0.15) is 0 Å². The maximum atomic E-state index is 11.2. The summed E-state index contributed by atoms with van der Waals surface area (Å²) in [6, 6.07) is 0.449. The van der Waals surface area contributed by atoms with Crippen molar-refractivity contribution in [3.63, 3.8) is 0 Å². The fourth-order valence-corrected chi connectivity index (χ4v) is 2.60. The molecule has 16 heavy (non-hydrogen) atoms. The number of carbonyl (C=O) groups excluding carboxylic acids is 1. The Kier molecular flexibility index (Phi) is 3.80. The molecule has 1 heterocycles. The predicted molar refractivity (Wildman–Crippen MR) is 61.5 cm³/mol. The molecule has 0 spiro atoms. The summed E-state index contributed by atoms with van der Waals surface area (Å²) in [5, 5.41) is 12.2. The summed E-state index contributed by atoms with van der Waals surface area (Å²) in [4.78, 5) is 10.8. The normalized spacial score (nSPS) is 17.1. The molecule has 1 aliphatic rings. The molecule has 0 aliphatic heterocycles. The van der Waals surface area contributed by atoms with Gasteiger partial charge in [0, 0.05) is 5.75 Å². The molecule has 8 heteroatoms. The number of rotatable bonds is 5. The molecule has 1 aromatic rings. The average molecular weight is 307 g/mol. The molecule has 1 unspecified atom stereocenters. The summed E-state index contributed by atoms with van der Waals surface area (Å²) >= 11 is 4.71. The van der Waals surface area contributed by atoms with Crippen molar-refractivity contribution in [3.8, 4) is 0 Å². The first-order chi connectivity index (χ1) is 7.72. The number of aromatic nitrogens is 4. The van der Waals surface area contributed by atoms with Gasteiger partial charge in [-0.15, -0.1) is 5.10 Å². The smallest absolute Gasteiger partial charge is 0.320 e. The monoisotopic (exact) mass is 306 g/mol. The molecule has 1 atom stereocenters. The van der Waals surface area contributed by atoms with Gasteiger partial charge < -0.3 is 4.74 Å². The van der Waals surface area contributed by atoms with Crippen LogP contribution in [0, 0.1) is 0 Å². The van der Waals surface area contributed by atoms with E-state index in [1.54, 1.807) is 0 Å². The van der Waals surface area contributed by atoms with Gasteiger partial charge in [0.1, 0.15) is 4.83 Å². The minimum atomic E-state index is -0.327. The van der Waals surface area contributed by atoms with Gasteiger partial charge in [0.2, 0.25) is 5.16 Å². The average Bonchev–Trinajstić information content (AvgIpc) is 3.04. The first kappa shape index (κ1) is 11.8. The minimum Gasteiger partial charge on any atom is -0.468 e. The summed E-state index contributed by atoms with van der Waals surface area (Å²) in [6.07, 6.45) is 2.26. The van der Waals surface area contributed by atoms with Crippen LogP contribution in [0.2, 0.25) is 0 Å². The van der Waals surface area contributed by atoms with E-state index < -0.39 is 0 Å². The topological polar surface area (TPSA) is 69.9 Å². The van der Waals surface area contributed by atoms with E-state index in [0.717, 1.165) is 18.0 Å². The van der Waals surface area contributed by atoms with E-state index in [1.165, 1.54) is 18.9 Å². The SMILES string of the molecule is COC(=O)C(Br)CSc1nnnn1C1CC1. The Morgan fingerprint density at radius 1 is 1.75 bits per heavy atom. The van der Waals surface area contributed by atoms with E-state index in [2.05, 4.69) is 36.2 Å². The Labute approximate surface area is 105 Å². The van der Waals surface area contributed by atoms with Crippen molar-refractivity contribution < 1.29 is 9.53 Å². The van der Waals surface area contributed by atoms with Gasteiger partial charge >= 0.3 is 5.97 Å². The quantitative estimate of drug-likeness (QED) is 0.460. The molecule has 0 N–H and O–H groups in total. The van der Waals surface area contributed by atoms with E-state index in [0.29, 0.717) is 11.8 Å². The number of carbonyl (C=O) groups is 1. The van der Waals surface area contributed by atoms with Crippen molar-refractivity contribution in [1.29, 1.82) is 0 Å². The predicted octanol–water partition coefficient (Wildman–Crippen LogP) is 1.04. The number of ether oxygens (including phenoxy) is 1. The molecule has 1 aromatic heterocycles. The van der Waals surface area contributed by atoms with Crippen LogP contribution in [-0.2, 0) is 9.53 Å². The molecule has 6 nitrogen and oxygen atoms in total. The van der Waals surface area contributed by atoms with Crippen LogP contribution < -0.4 is 0 Å². The van der Waals surface area contributed by atoms with Crippen LogP contribution in [0.3, 0.4) is 0 Å². The third-order valence-electron chi connectivity index (χ3n) is 2.17. The fourth-order valence-electron chi connectivity index (χ4n) is 1.17. The Bertz CT molecular complexity index is 382. The van der Waals surface area contributed by atoms with Crippen LogP contribution in [0.5, 0.6) is 0 Å². The third-order valence-corrected chi connectivity index (χ3v) is 4.32. The van der Waals surface area contributed by atoms with Gasteiger partial charge in [-0.05, 0) is 23.3 Å². The molecule has 2 rings (SSSR count). The van der Waals surface area contributed by atoms with Gasteiger partial charge in [0.25, 0.3) is 0 Å².